The molecule has 6 aromatic carbocycles. The molecular weight excluding hydrogens is 505 g/mol. The van der Waals surface area contributed by atoms with Crippen LogP contribution in [-0.4, -0.2) is 4.57 Å². The van der Waals surface area contributed by atoms with Crippen molar-refractivity contribution >= 4 is 44.0 Å². The Labute approximate surface area is 228 Å². The standard InChI is InChI=1S/C35H23F3N2/c36-35(37,38)27-13-18-30(19-14-27)40-33-8-4-3-7-31(33)32-22-29(17-20-34(32)40)39-28-15-11-24(12-16-28)26-10-9-23-5-1-2-6-25(23)21-26/h1-22,39H. The number of hydrogen-bond acceptors (Lipinski definition) is 1. The van der Waals surface area contributed by atoms with Gasteiger partial charge in [0.25, 0.3) is 0 Å². The van der Waals surface area contributed by atoms with E-state index >= 15 is 0 Å². The van der Waals surface area contributed by atoms with E-state index in [-0.39, 0.29) is 0 Å². The van der Waals surface area contributed by atoms with Crippen molar-refractivity contribution in [3.05, 3.63) is 139 Å². The Bertz CT molecular complexity index is 2000. The highest BCUT2D eigenvalue weighted by molar-refractivity contribution is 6.10. The van der Waals surface area contributed by atoms with E-state index in [2.05, 4.69) is 72.0 Å². The van der Waals surface area contributed by atoms with Crippen LogP contribution >= 0.6 is 0 Å². The number of nitrogens with one attached hydrogen (secondary N) is 1. The Morgan fingerprint density at radius 3 is 1.93 bits per heavy atom. The van der Waals surface area contributed by atoms with Gasteiger partial charge >= 0.3 is 6.18 Å². The van der Waals surface area contributed by atoms with Crippen molar-refractivity contribution in [2.24, 2.45) is 0 Å². The molecule has 0 saturated heterocycles. The van der Waals surface area contributed by atoms with E-state index in [1.54, 1.807) is 0 Å². The zero-order valence-electron chi connectivity index (χ0n) is 21.3. The summed E-state index contributed by atoms with van der Waals surface area (Å²) in [5.74, 6) is 0. The molecule has 1 heterocycles. The molecule has 194 valence electrons. The first kappa shape index (κ1) is 24.0. The van der Waals surface area contributed by atoms with Gasteiger partial charge in [0.15, 0.2) is 0 Å². The number of rotatable bonds is 4. The third-order valence-electron chi connectivity index (χ3n) is 7.38. The van der Waals surface area contributed by atoms with Crippen molar-refractivity contribution < 1.29 is 13.2 Å². The SMILES string of the molecule is FC(F)(F)c1ccc(-n2c3ccccc3c3cc(Nc4ccc(-c5ccc6ccccc6c5)cc4)ccc32)cc1. The number of para-hydroxylation sites is 1. The molecule has 0 aliphatic heterocycles. The third kappa shape index (κ3) is 4.26. The fourth-order valence-corrected chi connectivity index (χ4v) is 5.41. The van der Waals surface area contributed by atoms with Crippen LogP contribution in [0.2, 0.25) is 0 Å². The van der Waals surface area contributed by atoms with Crippen LogP contribution in [0.4, 0.5) is 24.5 Å². The highest BCUT2D eigenvalue weighted by Crippen LogP contribution is 2.36. The number of alkyl halides is 3. The Morgan fingerprint density at radius 2 is 1.15 bits per heavy atom. The van der Waals surface area contributed by atoms with Gasteiger partial charge in [-0.3, -0.25) is 0 Å². The summed E-state index contributed by atoms with van der Waals surface area (Å²) in [5.41, 5.74) is 6.11. The molecule has 1 N–H and O–H groups in total. The molecule has 0 unspecified atom stereocenters. The lowest BCUT2D eigenvalue weighted by atomic mass is 10.0. The maximum Gasteiger partial charge on any atom is 0.416 e. The van der Waals surface area contributed by atoms with E-state index < -0.39 is 11.7 Å². The van der Waals surface area contributed by atoms with E-state index in [1.807, 2.05) is 47.0 Å². The first-order chi connectivity index (χ1) is 19.4. The monoisotopic (exact) mass is 528 g/mol. The van der Waals surface area contributed by atoms with Gasteiger partial charge in [-0.15, -0.1) is 0 Å². The van der Waals surface area contributed by atoms with Gasteiger partial charge in [0.05, 0.1) is 16.6 Å². The van der Waals surface area contributed by atoms with Crippen LogP contribution in [0.1, 0.15) is 5.56 Å². The van der Waals surface area contributed by atoms with Gasteiger partial charge in [-0.05, 0) is 88.6 Å². The van der Waals surface area contributed by atoms with Gasteiger partial charge in [0.1, 0.15) is 0 Å². The maximum absolute atomic E-state index is 13.1. The minimum atomic E-state index is -4.37. The molecule has 0 fully saturated rings. The molecular formula is C35H23F3N2. The molecule has 0 aliphatic carbocycles. The number of nitrogens with zero attached hydrogens (tertiary/aromatic N) is 1. The van der Waals surface area contributed by atoms with Crippen molar-refractivity contribution in [3.8, 4) is 16.8 Å². The van der Waals surface area contributed by atoms with Gasteiger partial charge < -0.3 is 9.88 Å². The minimum absolute atomic E-state index is 0.657. The summed E-state index contributed by atoms with van der Waals surface area (Å²) in [4.78, 5) is 0. The fraction of sp³-hybridized carbons (Fsp3) is 0.0286. The second-order valence-electron chi connectivity index (χ2n) is 9.89. The van der Waals surface area contributed by atoms with Crippen LogP contribution in [0.25, 0.3) is 49.4 Å². The van der Waals surface area contributed by atoms with Gasteiger partial charge in [0, 0.05) is 27.8 Å². The summed E-state index contributed by atoms with van der Waals surface area (Å²) in [6, 6.07) is 42.6. The van der Waals surface area contributed by atoms with E-state index in [0.717, 1.165) is 50.9 Å². The molecule has 5 heteroatoms. The fourth-order valence-electron chi connectivity index (χ4n) is 5.41. The second-order valence-corrected chi connectivity index (χ2v) is 9.89. The Balaban J connectivity index is 1.22. The number of hydrogen-bond donors (Lipinski definition) is 1. The quantitative estimate of drug-likeness (QED) is 0.240. The molecule has 0 amide bonds. The number of halogens is 3. The predicted molar refractivity (Wildman–Crippen MR) is 158 cm³/mol. The van der Waals surface area contributed by atoms with Crippen LogP contribution in [0.3, 0.4) is 0 Å². The van der Waals surface area contributed by atoms with Gasteiger partial charge in [-0.2, -0.15) is 13.2 Å². The van der Waals surface area contributed by atoms with Gasteiger partial charge in [-0.25, -0.2) is 0 Å². The smallest absolute Gasteiger partial charge is 0.356 e. The molecule has 0 aliphatic rings. The molecule has 40 heavy (non-hydrogen) atoms. The van der Waals surface area contributed by atoms with E-state index in [1.165, 1.54) is 28.5 Å². The van der Waals surface area contributed by atoms with E-state index in [4.69, 9.17) is 0 Å². The lowest BCUT2D eigenvalue weighted by molar-refractivity contribution is -0.137. The summed E-state index contributed by atoms with van der Waals surface area (Å²) in [5, 5.41) is 8.00. The number of aromatic nitrogens is 1. The van der Waals surface area contributed by atoms with E-state index in [9.17, 15) is 13.2 Å². The molecule has 0 radical (unpaired) electrons. The average Bonchev–Trinajstić information content (AvgIpc) is 3.31. The summed E-state index contributed by atoms with van der Waals surface area (Å²) < 4.78 is 41.4. The number of fused-ring (bicyclic) bond motifs is 4. The molecule has 0 spiro atoms. The first-order valence-electron chi connectivity index (χ1n) is 13.0. The predicted octanol–water partition coefficient (Wildman–Crippen LogP) is 10.4. The Morgan fingerprint density at radius 1 is 0.500 bits per heavy atom. The van der Waals surface area contributed by atoms with Crippen molar-refractivity contribution in [2.45, 2.75) is 6.18 Å². The molecule has 2 nitrogen and oxygen atoms in total. The zero-order valence-corrected chi connectivity index (χ0v) is 21.3. The van der Waals surface area contributed by atoms with E-state index in [0.29, 0.717) is 5.69 Å². The summed E-state index contributed by atoms with van der Waals surface area (Å²) in [6.45, 7) is 0. The Kier molecular flexibility index (Phi) is 5.60. The van der Waals surface area contributed by atoms with Crippen molar-refractivity contribution in [1.82, 2.24) is 4.57 Å². The van der Waals surface area contributed by atoms with Crippen LogP contribution in [0.15, 0.2) is 133 Å². The van der Waals surface area contributed by atoms with Crippen LogP contribution < -0.4 is 5.32 Å². The lowest BCUT2D eigenvalue weighted by Crippen LogP contribution is -2.05. The summed E-state index contributed by atoms with van der Waals surface area (Å²) >= 11 is 0. The molecule has 1 aromatic heterocycles. The normalized spacial score (nSPS) is 11.9. The summed E-state index contributed by atoms with van der Waals surface area (Å²) in [7, 11) is 0. The first-order valence-corrected chi connectivity index (χ1v) is 13.0. The molecule has 0 saturated carbocycles. The largest absolute Gasteiger partial charge is 0.416 e. The molecule has 7 aromatic rings. The highest BCUT2D eigenvalue weighted by Gasteiger charge is 2.30. The van der Waals surface area contributed by atoms with Crippen molar-refractivity contribution in [1.29, 1.82) is 0 Å². The molecule has 0 atom stereocenters. The van der Waals surface area contributed by atoms with Crippen molar-refractivity contribution in [3.63, 3.8) is 0 Å². The molecule has 7 rings (SSSR count). The third-order valence-corrected chi connectivity index (χ3v) is 7.38. The van der Waals surface area contributed by atoms with Gasteiger partial charge in [-0.1, -0.05) is 66.7 Å². The Hall–Kier alpha value is -5.03. The second kappa shape index (κ2) is 9.31. The topological polar surface area (TPSA) is 17.0 Å². The minimum Gasteiger partial charge on any atom is -0.356 e. The zero-order chi connectivity index (χ0) is 27.3. The van der Waals surface area contributed by atoms with Crippen LogP contribution in [0, 0.1) is 0 Å². The number of benzene rings is 6. The van der Waals surface area contributed by atoms with Gasteiger partial charge in [0.2, 0.25) is 0 Å². The summed E-state index contributed by atoms with van der Waals surface area (Å²) in [6.07, 6.45) is -4.37. The lowest BCUT2D eigenvalue weighted by Gasteiger charge is -2.11. The van der Waals surface area contributed by atoms with Crippen LogP contribution in [0.5, 0.6) is 0 Å². The number of anilines is 2. The molecule has 0 bridgehead atoms. The van der Waals surface area contributed by atoms with Crippen LogP contribution in [-0.2, 0) is 6.18 Å². The maximum atomic E-state index is 13.1. The average molecular weight is 529 g/mol. The highest BCUT2D eigenvalue weighted by atomic mass is 19.4. The van der Waals surface area contributed by atoms with Crippen molar-refractivity contribution in [2.75, 3.05) is 5.32 Å².